The van der Waals surface area contributed by atoms with Crippen LogP contribution in [0.2, 0.25) is 0 Å². The monoisotopic (exact) mass is 369 g/mol. The molecule has 144 valence electrons. The first-order valence-corrected chi connectivity index (χ1v) is 10.1. The molecule has 0 atom stereocenters. The van der Waals surface area contributed by atoms with E-state index in [0.29, 0.717) is 25.3 Å². The number of hydrogen-bond acceptors (Lipinski definition) is 4. The zero-order valence-electron chi connectivity index (χ0n) is 15.6. The van der Waals surface area contributed by atoms with Gasteiger partial charge in [-0.1, -0.05) is 25.7 Å². The third-order valence-electron chi connectivity index (χ3n) is 5.60. The lowest BCUT2D eigenvalue weighted by Gasteiger charge is -2.08. The summed E-state index contributed by atoms with van der Waals surface area (Å²) in [5, 5.41) is 7.46. The van der Waals surface area contributed by atoms with E-state index in [-0.39, 0.29) is 17.6 Å². The van der Waals surface area contributed by atoms with Crippen molar-refractivity contribution < 1.29 is 4.79 Å². The molecule has 2 saturated carbocycles. The molecule has 27 heavy (non-hydrogen) atoms. The van der Waals surface area contributed by atoms with E-state index in [1.54, 1.807) is 17.0 Å². The van der Waals surface area contributed by atoms with E-state index in [1.165, 1.54) is 30.4 Å². The molecule has 2 aliphatic rings. The quantitative estimate of drug-likeness (QED) is 0.775. The van der Waals surface area contributed by atoms with Crippen LogP contribution in [-0.4, -0.2) is 31.8 Å². The molecule has 2 fully saturated rings. The molecular formula is C20H27N5O2. The Balaban J connectivity index is 1.36. The van der Waals surface area contributed by atoms with Crippen molar-refractivity contribution in [2.45, 2.75) is 64.0 Å². The number of nitrogens with zero attached hydrogens (tertiary/aromatic N) is 4. The summed E-state index contributed by atoms with van der Waals surface area (Å²) < 4.78 is 3.25. The zero-order valence-corrected chi connectivity index (χ0v) is 15.6. The highest BCUT2D eigenvalue weighted by molar-refractivity contribution is 5.75. The molecule has 0 radical (unpaired) electrons. The van der Waals surface area contributed by atoms with E-state index >= 15 is 0 Å². The van der Waals surface area contributed by atoms with Crippen molar-refractivity contribution in [2.24, 2.45) is 5.92 Å². The number of pyridine rings is 1. The van der Waals surface area contributed by atoms with Gasteiger partial charge in [-0.25, -0.2) is 9.48 Å². The van der Waals surface area contributed by atoms with Crippen molar-refractivity contribution in [1.82, 2.24) is 24.6 Å². The highest BCUT2D eigenvalue weighted by atomic mass is 16.2. The second-order valence-corrected chi connectivity index (χ2v) is 7.71. The Morgan fingerprint density at radius 3 is 2.74 bits per heavy atom. The molecule has 0 unspecified atom stereocenters. The highest BCUT2D eigenvalue weighted by Crippen LogP contribution is 2.36. The molecule has 1 amide bonds. The Morgan fingerprint density at radius 1 is 1.22 bits per heavy atom. The minimum Gasteiger partial charge on any atom is -0.354 e. The Bertz CT molecular complexity index is 832. The topological polar surface area (TPSA) is 81.8 Å². The van der Waals surface area contributed by atoms with Gasteiger partial charge in [-0.2, -0.15) is 0 Å². The van der Waals surface area contributed by atoms with Crippen LogP contribution in [0.15, 0.2) is 29.3 Å². The molecule has 2 aromatic heterocycles. The van der Waals surface area contributed by atoms with Gasteiger partial charge in [0.1, 0.15) is 0 Å². The molecule has 1 N–H and O–H groups in total. The number of rotatable bonds is 8. The minimum absolute atomic E-state index is 0.0732. The van der Waals surface area contributed by atoms with Crippen LogP contribution in [0.4, 0.5) is 0 Å². The van der Waals surface area contributed by atoms with Gasteiger partial charge in [-0.3, -0.25) is 14.3 Å². The Morgan fingerprint density at radius 2 is 2.04 bits per heavy atom. The molecule has 2 aliphatic carbocycles. The molecule has 0 bridgehead atoms. The third kappa shape index (κ3) is 4.28. The van der Waals surface area contributed by atoms with Crippen LogP contribution in [0.5, 0.6) is 0 Å². The second kappa shape index (κ2) is 8.06. The maximum atomic E-state index is 12.8. The first kappa shape index (κ1) is 17.9. The molecule has 0 spiro atoms. The van der Waals surface area contributed by atoms with Crippen LogP contribution in [0.3, 0.4) is 0 Å². The maximum absolute atomic E-state index is 12.8. The van der Waals surface area contributed by atoms with Gasteiger partial charge in [0.2, 0.25) is 5.91 Å². The van der Waals surface area contributed by atoms with Crippen LogP contribution in [0.25, 0.3) is 11.4 Å². The van der Waals surface area contributed by atoms with Crippen molar-refractivity contribution in [3.63, 3.8) is 0 Å². The minimum atomic E-state index is -0.100. The van der Waals surface area contributed by atoms with Crippen LogP contribution >= 0.6 is 0 Å². The normalized spacial score (nSPS) is 17.3. The Labute approximate surface area is 158 Å². The summed E-state index contributed by atoms with van der Waals surface area (Å²) in [5.41, 5.74) is 0.748. The van der Waals surface area contributed by atoms with Crippen LogP contribution < -0.4 is 11.0 Å². The van der Waals surface area contributed by atoms with Crippen LogP contribution in [0, 0.1) is 5.92 Å². The summed E-state index contributed by atoms with van der Waals surface area (Å²) in [6.45, 7) is 0.818. The van der Waals surface area contributed by atoms with Gasteiger partial charge in [0.15, 0.2) is 5.82 Å². The predicted octanol–water partition coefficient (Wildman–Crippen LogP) is 2.53. The Hall–Kier alpha value is -2.44. The number of aromatic nitrogens is 4. The van der Waals surface area contributed by atoms with Gasteiger partial charge in [-0.05, 0) is 37.3 Å². The van der Waals surface area contributed by atoms with Gasteiger partial charge in [0, 0.05) is 37.0 Å². The summed E-state index contributed by atoms with van der Waals surface area (Å²) in [6.07, 6.45) is 12.2. The summed E-state index contributed by atoms with van der Waals surface area (Å²) in [4.78, 5) is 28.9. The van der Waals surface area contributed by atoms with Gasteiger partial charge in [0.05, 0.1) is 6.54 Å². The van der Waals surface area contributed by atoms with Crippen molar-refractivity contribution in [2.75, 3.05) is 6.54 Å². The molecule has 0 saturated heterocycles. The number of carbonyl (C=O) groups excluding carboxylic acids is 1. The smallest absolute Gasteiger partial charge is 0.346 e. The van der Waals surface area contributed by atoms with Crippen molar-refractivity contribution in [1.29, 1.82) is 0 Å². The van der Waals surface area contributed by atoms with Gasteiger partial charge in [0.25, 0.3) is 0 Å². The molecule has 2 aromatic rings. The van der Waals surface area contributed by atoms with E-state index in [1.807, 2.05) is 12.1 Å². The predicted molar refractivity (Wildman–Crippen MR) is 102 cm³/mol. The highest BCUT2D eigenvalue weighted by Gasteiger charge is 2.30. The zero-order chi connectivity index (χ0) is 18.6. The van der Waals surface area contributed by atoms with Crippen LogP contribution in [-0.2, 0) is 11.3 Å². The van der Waals surface area contributed by atoms with Gasteiger partial charge < -0.3 is 5.32 Å². The van der Waals surface area contributed by atoms with E-state index in [9.17, 15) is 9.59 Å². The fourth-order valence-electron chi connectivity index (χ4n) is 3.94. The van der Waals surface area contributed by atoms with E-state index in [0.717, 1.165) is 30.7 Å². The van der Waals surface area contributed by atoms with Gasteiger partial charge in [-0.15, -0.1) is 5.10 Å². The summed E-state index contributed by atoms with van der Waals surface area (Å²) in [5.74, 6) is 1.46. The molecular weight excluding hydrogens is 342 g/mol. The largest absolute Gasteiger partial charge is 0.354 e. The van der Waals surface area contributed by atoms with E-state index in [4.69, 9.17) is 0 Å². The van der Waals surface area contributed by atoms with E-state index < -0.39 is 0 Å². The Kier molecular flexibility index (Phi) is 5.36. The molecule has 2 heterocycles. The number of hydrogen-bond donors (Lipinski definition) is 1. The fraction of sp³-hybridized carbons (Fsp3) is 0.600. The van der Waals surface area contributed by atoms with Crippen molar-refractivity contribution in [3.05, 3.63) is 35.0 Å². The summed E-state index contributed by atoms with van der Waals surface area (Å²) in [6, 6.07) is 4.01. The molecule has 0 aromatic carbocycles. The fourth-order valence-corrected chi connectivity index (χ4v) is 3.94. The van der Waals surface area contributed by atoms with E-state index in [2.05, 4.69) is 15.4 Å². The number of amides is 1. The van der Waals surface area contributed by atoms with Crippen molar-refractivity contribution >= 4 is 5.91 Å². The number of nitrogens with one attached hydrogen (secondary N) is 1. The number of carbonyl (C=O) groups is 1. The van der Waals surface area contributed by atoms with Crippen LogP contribution in [0.1, 0.15) is 57.4 Å². The molecule has 4 rings (SSSR count). The van der Waals surface area contributed by atoms with Crippen molar-refractivity contribution in [3.8, 4) is 11.4 Å². The lowest BCUT2D eigenvalue weighted by Crippen LogP contribution is -2.32. The average Bonchev–Trinajstić information content (AvgIpc) is 3.27. The molecule has 7 nitrogen and oxygen atoms in total. The SMILES string of the molecule is O=C(CCC1CCCC1)NCCn1nc(-c2cccnc2)n(C2CC2)c1=O. The lowest BCUT2D eigenvalue weighted by molar-refractivity contribution is -0.121. The standard InChI is InChI=1S/C20H27N5O2/c26-18(10-7-15-4-1-2-5-15)22-12-13-24-20(27)25(17-8-9-17)19(23-24)16-6-3-11-21-14-16/h3,6,11,14-15,17H,1-2,4-5,7-10,12-13H2,(H,22,26). The average molecular weight is 369 g/mol. The summed E-state index contributed by atoms with van der Waals surface area (Å²) in [7, 11) is 0. The lowest BCUT2D eigenvalue weighted by atomic mass is 10.0. The first-order valence-electron chi connectivity index (χ1n) is 10.1. The summed E-state index contributed by atoms with van der Waals surface area (Å²) >= 11 is 0. The molecule has 0 aliphatic heterocycles. The van der Waals surface area contributed by atoms with Gasteiger partial charge >= 0.3 is 5.69 Å². The maximum Gasteiger partial charge on any atom is 0.346 e. The second-order valence-electron chi connectivity index (χ2n) is 7.71. The molecule has 7 heteroatoms. The third-order valence-corrected chi connectivity index (χ3v) is 5.60. The first-order chi connectivity index (χ1) is 13.2.